The zero-order valence-corrected chi connectivity index (χ0v) is 13.8. The molecule has 0 amide bonds. The minimum Gasteiger partial charge on any atom is -0.419 e. The van der Waals surface area contributed by atoms with Crippen molar-refractivity contribution in [2.45, 2.75) is 65.0 Å². The molecular weight excluding hydrogens is 282 g/mol. The molecule has 21 heavy (non-hydrogen) atoms. The first-order chi connectivity index (χ1) is 10.0. The summed E-state index contributed by atoms with van der Waals surface area (Å²) in [5.41, 5.74) is 1.54. The Labute approximate surface area is 130 Å². The van der Waals surface area contributed by atoms with Gasteiger partial charge in [0.25, 0.3) is 5.89 Å². The molecule has 0 fully saturated rings. The van der Waals surface area contributed by atoms with Crippen molar-refractivity contribution in [1.29, 1.82) is 0 Å². The lowest BCUT2D eigenvalue weighted by Gasteiger charge is -2.18. The summed E-state index contributed by atoms with van der Waals surface area (Å²) in [7, 11) is 0. The molecule has 0 spiro atoms. The van der Waals surface area contributed by atoms with Crippen molar-refractivity contribution in [3.8, 4) is 10.8 Å². The van der Waals surface area contributed by atoms with Gasteiger partial charge in [0.2, 0.25) is 5.89 Å². The molecule has 0 radical (unpaired) electrons. The van der Waals surface area contributed by atoms with E-state index in [4.69, 9.17) is 4.42 Å². The molecule has 0 unspecified atom stereocenters. The van der Waals surface area contributed by atoms with E-state index in [2.05, 4.69) is 42.4 Å². The first-order valence-electron chi connectivity index (χ1n) is 7.71. The van der Waals surface area contributed by atoms with Crippen LogP contribution < -0.4 is 5.32 Å². The monoisotopic (exact) mass is 305 g/mol. The van der Waals surface area contributed by atoms with Gasteiger partial charge in [0.05, 0.1) is 11.4 Å². The van der Waals surface area contributed by atoms with E-state index in [9.17, 15) is 0 Å². The highest BCUT2D eigenvalue weighted by atomic mass is 32.1. The molecule has 2 aromatic rings. The third-order valence-corrected chi connectivity index (χ3v) is 4.92. The van der Waals surface area contributed by atoms with Gasteiger partial charge >= 0.3 is 0 Å². The largest absolute Gasteiger partial charge is 0.419 e. The number of aromatic nitrogens is 2. The number of hydrogen-bond acceptors (Lipinski definition) is 5. The van der Waals surface area contributed by atoms with E-state index in [1.165, 1.54) is 42.5 Å². The van der Waals surface area contributed by atoms with Crippen LogP contribution in [0.4, 0.5) is 0 Å². The molecule has 0 saturated heterocycles. The highest BCUT2D eigenvalue weighted by molar-refractivity contribution is 7.15. The van der Waals surface area contributed by atoms with Gasteiger partial charge in [-0.2, -0.15) is 0 Å². The maximum atomic E-state index is 5.80. The van der Waals surface area contributed by atoms with E-state index in [-0.39, 0.29) is 5.54 Å². The van der Waals surface area contributed by atoms with Crippen LogP contribution in [-0.2, 0) is 19.4 Å². The molecule has 2 aromatic heterocycles. The molecule has 1 aliphatic rings. The predicted octanol–water partition coefficient (Wildman–Crippen LogP) is 3.96. The van der Waals surface area contributed by atoms with E-state index in [1.54, 1.807) is 0 Å². The molecule has 4 nitrogen and oxygen atoms in total. The topological polar surface area (TPSA) is 51.0 Å². The molecule has 0 aromatic carbocycles. The highest BCUT2D eigenvalue weighted by Crippen LogP contribution is 2.34. The van der Waals surface area contributed by atoms with Gasteiger partial charge in [-0.25, -0.2) is 0 Å². The average Bonchev–Trinajstić information content (AvgIpc) is 2.98. The SMILES string of the molecule is CC(C)(C)NCc1nnc(-c2cc3c(s2)CCCCC3)o1. The molecule has 1 N–H and O–H groups in total. The Kier molecular flexibility index (Phi) is 4.13. The van der Waals surface area contributed by atoms with Crippen LogP contribution in [0.25, 0.3) is 10.8 Å². The fourth-order valence-corrected chi connectivity index (χ4v) is 3.71. The van der Waals surface area contributed by atoms with Crippen LogP contribution in [0, 0.1) is 0 Å². The summed E-state index contributed by atoms with van der Waals surface area (Å²) in [6.45, 7) is 6.99. The van der Waals surface area contributed by atoms with Gasteiger partial charge in [-0.1, -0.05) is 6.42 Å². The average molecular weight is 305 g/mol. The van der Waals surface area contributed by atoms with Crippen LogP contribution in [0.3, 0.4) is 0 Å². The van der Waals surface area contributed by atoms with Gasteiger partial charge in [-0.15, -0.1) is 21.5 Å². The normalized spacial score (nSPS) is 15.8. The third kappa shape index (κ3) is 3.71. The zero-order chi connectivity index (χ0) is 14.9. The molecule has 114 valence electrons. The Bertz CT molecular complexity index is 586. The van der Waals surface area contributed by atoms with Gasteiger partial charge in [0.1, 0.15) is 0 Å². The van der Waals surface area contributed by atoms with Crippen molar-refractivity contribution in [3.63, 3.8) is 0 Å². The van der Waals surface area contributed by atoms with Gasteiger partial charge in [-0.05, 0) is 58.1 Å². The van der Waals surface area contributed by atoms with Crippen LogP contribution in [0.1, 0.15) is 56.4 Å². The second kappa shape index (κ2) is 5.89. The maximum absolute atomic E-state index is 5.80. The van der Waals surface area contributed by atoms with E-state index in [0.717, 1.165) is 4.88 Å². The van der Waals surface area contributed by atoms with Crippen LogP contribution in [0.2, 0.25) is 0 Å². The smallest absolute Gasteiger partial charge is 0.257 e. The number of nitrogens with zero attached hydrogens (tertiary/aromatic N) is 2. The molecule has 3 rings (SSSR count). The molecule has 0 bridgehead atoms. The summed E-state index contributed by atoms with van der Waals surface area (Å²) >= 11 is 1.82. The predicted molar refractivity (Wildman–Crippen MR) is 85.5 cm³/mol. The Balaban J connectivity index is 1.74. The van der Waals surface area contributed by atoms with Crippen LogP contribution >= 0.6 is 11.3 Å². The minimum absolute atomic E-state index is 0.0505. The van der Waals surface area contributed by atoms with Gasteiger partial charge < -0.3 is 9.73 Å². The highest BCUT2D eigenvalue weighted by Gasteiger charge is 2.17. The standard InChI is InChI=1S/C16H23N3OS/c1-16(2,3)17-10-14-18-19-15(20-14)13-9-11-7-5-4-6-8-12(11)21-13/h9,17H,4-8,10H2,1-3H3. The lowest BCUT2D eigenvalue weighted by atomic mass is 10.1. The van der Waals surface area contributed by atoms with E-state index in [1.807, 2.05) is 11.3 Å². The fraction of sp³-hybridized carbons (Fsp3) is 0.625. The lowest BCUT2D eigenvalue weighted by molar-refractivity contribution is 0.384. The van der Waals surface area contributed by atoms with E-state index in [0.29, 0.717) is 18.3 Å². The van der Waals surface area contributed by atoms with Crippen LogP contribution in [0.15, 0.2) is 10.5 Å². The molecular formula is C16H23N3OS. The van der Waals surface area contributed by atoms with Gasteiger partial charge in [-0.3, -0.25) is 0 Å². The van der Waals surface area contributed by atoms with Crippen LogP contribution in [-0.4, -0.2) is 15.7 Å². The molecule has 0 saturated carbocycles. The quantitative estimate of drug-likeness (QED) is 0.872. The number of fused-ring (bicyclic) bond motifs is 1. The van der Waals surface area contributed by atoms with E-state index < -0.39 is 0 Å². The van der Waals surface area contributed by atoms with Gasteiger partial charge in [0, 0.05) is 10.4 Å². The number of nitrogens with one attached hydrogen (secondary N) is 1. The van der Waals surface area contributed by atoms with Crippen molar-refractivity contribution in [2.75, 3.05) is 0 Å². The molecule has 2 heterocycles. The summed E-state index contributed by atoms with van der Waals surface area (Å²) in [6.07, 6.45) is 6.34. The summed E-state index contributed by atoms with van der Waals surface area (Å²) in [5.74, 6) is 1.32. The lowest BCUT2D eigenvalue weighted by Crippen LogP contribution is -2.35. The van der Waals surface area contributed by atoms with E-state index >= 15 is 0 Å². The summed E-state index contributed by atoms with van der Waals surface area (Å²) in [4.78, 5) is 2.63. The molecule has 0 atom stereocenters. The Morgan fingerprint density at radius 3 is 2.81 bits per heavy atom. The number of aryl methyl sites for hydroxylation is 2. The maximum Gasteiger partial charge on any atom is 0.257 e. The van der Waals surface area contributed by atoms with Crippen molar-refractivity contribution in [2.24, 2.45) is 0 Å². The Morgan fingerprint density at radius 1 is 1.19 bits per heavy atom. The summed E-state index contributed by atoms with van der Waals surface area (Å²) < 4.78 is 5.80. The summed E-state index contributed by atoms with van der Waals surface area (Å²) in [5, 5.41) is 11.7. The van der Waals surface area contributed by atoms with Crippen molar-refractivity contribution >= 4 is 11.3 Å². The second-order valence-corrected chi connectivity index (χ2v) is 7.86. The Hall–Kier alpha value is -1.20. The molecule has 0 aliphatic heterocycles. The minimum atomic E-state index is 0.0505. The number of rotatable bonds is 3. The van der Waals surface area contributed by atoms with Crippen molar-refractivity contribution < 1.29 is 4.42 Å². The van der Waals surface area contributed by atoms with Crippen molar-refractivity contribution in [1.82, 2.24) is 15.5 Å². The Morgan fingerprint density at radius 2 is 2.00 bits per heavy atom. The second-order valence-electron chi connectivity index (χ2n) is 6.72. The molecule has 5 heteroatoms. The fourth-order valence-electron chi connectivity index (χ4n) is 2.54. The molecule has 1 aliphatic carbocycles. The first kappa shape index (κ1) is 14.7. The first-order valence-corrected chi connectivity index (χ1v) is 8.52. The zero-order valence-electron chi connectivity index (χ0n) is 13.0. The third-order valence-electron chi connectivity index (χ3n) is 3.69. The number of hydrogen-bond donors (Lipinski definition) is 1. The van der Waals surface area contributed by atoms with Gasteiger partial charge in [0.15, 0.2) is 0 Å². The van der Waals surface area contributed by atoms with Crippen LogP contribution in [0.5, 0.6) is 0 Å². The van der Waals surface area contributed by atoms with Crippen molar-refractivity contribution in [3.05, 3.63) is 22.4 Å². The number of thiophene rings is 1. The summed E-state index contributed by atoms with van der Waals surface area (Å²) in [6, 6.07) is 2.25.